The van der Waals surface area contributed by atoms with E-state index in [0.717, 1.165) is 63.6 Å². The highest BCUT2D eigenvalue weighted by Crippen LogP contribution is 2.64. The molecule has 5 rings (SSSR count). The predicted octanol–water partition coefficient (Wildman–Crippen LogP) is 3.90. The number of Topliss-reactive ketones (excluding diaryl/α,β-unsaturated/α-hetero) is 2. The average molecular weight is 401 g/mol. The smallest absolute Gasteiger partial charge is 0.139 e. The number of carbonyl (C=O) groups is 2. The van der Waals surface area contributed by atoms with E-state index in [1.54, 1.807) is 0 Å². The lowest BCUT2D eigenvalue weighted by Crippen LogP contribution is -2.56. The Morgan fingerprint density at radius 1 is 1.07 bits per heavy atom. The van der Waals surface area contributed by atoms with Crippen LogP contribution in [-0.2, 0) is 14.4 Å². The van der Waals surface area contributed by atoms with Crippen LogP contribution in [0.5, 0.6) is 0 Å². The molecule has 1 N–H and O–H groups in total. The van der Waals surface area contributed by atoms with Gasteiger partial charge in [0, 0.05) is 30.2 Å². The van der Waals surface area contributed by atoms with Crippen molar-refractivity contribution in [1.29, 1.82) is 0 Å². The van der Waals surface area contributed by atoms with Crippen molar-refractivity contribution in [3.63, 3.8) is 0 Å². The number of nitrogens with one attached hydrogen (secondary N) is 1. The molecule has 5 aliphatic rings. The molecule has 5 nitrogen and oxygen atoms in total. The summed E-state index contributed by atoms with van der Waals surface area (Å²) in [5, 5.41) is 7.90. The van der Waals surface area contributed by atoms with E-state index in [0.29, 0.717) is 48.4 Å². The second-order valence-electron chi connectivity index (χ2n) is 11.0. The summed E-state index contributed by atoms with van der Waals surface area (Å²) in [5.74, 6) is 2.38. The van der Waals surface area contributed by atoms with Crippen molar-refractivity contribution >= 4 is 17.3 Å². The van der Waals surface area contributed by atoms with Gasteiger partial charge in [0.1, 0.15) is 18.2 Å². The zero-order valence-corrected chi connectivity index (χ0v) is 18.0. The molecular formula is C24H36N2O3. The van der Waals surface area contributed by atoms with Gasteiger partial charge in [-0.25, -0.2) is 0 Å². The Morgan fingerprint density at radius 3 is 2.72 bits per heavy atom. The van der Waals surface area contributed by atoms with Crippen LogP contribution in [0.25, 0.3) is 0 Å². The Labute approximate surface area is 174 Å². The molecule has 1 heterocycles. The highest BCUT2D eigenvalue weighted by Gasteiger charge is 2.62. The zero-order valence-electron chi connectivity index (χ0n) is 18.0. The fourth-order valence-corrected chi connectivity index (χ4v) is 7.82. The first-order valence-corrected chi connectivity index (χ1v) is 11.9. The van der Waals surface area contributed by atoms with Gasteiger partial charge in [0.2, 0.25) is 0 Å². The number of fused-ring (bicyclic) bond motifs is 5. The highest BCUT2D eigenvalue weighted by molar-refractivity contribution is 5.93. The van der Waals surface area contributed by atoms with Gasteiger partial charge in [-0.15, -0.1) is 0 Å². The lowest BCUT2D eigenvalue weighted by atomic mass is 9.45. The maximum Gasteiger partial charge on any atom is 0.139 e. The second kappa shape index (κ2) is 7.18. The fraction of sp³-hybridized carbons (Fsp3) is 0.875. The normalized spacial score (nSPS) is 48.3. The first-order chi connectivity index (χ1) is 13.9. The molecule has 1 aliphatic heterocycles. The molecular weight excluding hydrogens is 364 g/mol. The van der Waals surface area contributed by atoms with Gasteiger partial charge in [-0.05, 0) is 81.1 Å². The molecule has 0 amide bonds. The van der Waals surface area contributed by atoms with Crippen molar-refractivity contribution in [2.45, 2.75) is 84.1 Å². The van der Waals surface area contributed by atoms with Gasteiger partial charge < -0.3 is 10.2 Å². The van der Waals surface area contributed by atoms with E-state index in [1.807, 2.05) is 0 Å². The summed E-state index contributed by atoms with van der Waals surface area (Å²) in [6.07, 6.45) is 9.67. The van der Waals surface area contributed by atoms with Crippen molar-refractivity contribution in [1.82, 2.24) is 5.32 Å². The molecule has 7 atom stereocenters. The molecule has 0 aromatic rings. The van der Waals surface area contributed by atoms with E-state index in [1.165, 1.54) is 6.42 Å². The lowest BCUT2D eigenvalue weighted by molar-refractivity contribution is -0.152. The Hall–Kier alpha value is -1.23. The molecule has 0 aromatic carbocycles. The van der Waals surface area contributed by atoms with Crippen molar-refractivity contribution in [2.24, 2.45) is 39.7 Å². The molecule has 5 fully saturated rings. The number of hydrogen-bond donors (Lipinski definition) is 1. The van der Waals surface area contributed by atoms with Crippen LogP contribution in [0.4, 0.5) is 0 Å². The minimum atomic E-state index is -0.159. The Bertz CT molecular complexity index is 728. The van der Waals surface area contributed by atoms with Gasteiger partial charge in [0.05, 0.1) is 5.71 Å². The summed E-state index contributed by atoms with van der Waals surface area (Å²) in [6, 6.07) is 0.427. The number of hydrogen-bond acceptors (Lipinski definition) is 5. The first kappa shape index (κ1) is 19.7. The van der Waals surface area contributed by atoms with Crippen LogP contribution in [0.15, 0.2) is 5.16 Å². The van der Waals surface area contributed by atoms with E-state index in [4.69, 9.17) is 4.84 Å². The molecule has 5 heteroatoms. The molecule has 29 heavy (non-hydrogen) atoms. The second-order valence-corrected chi connectivity index (χ2v) is 11.0. The lowest BCUT2D eigenvalue weighted by Gasteiger charge is -2.58. The average Bonchev–Trinajstić information content (AvgIpc) is 3.31. The summed E-state index contributed by atoms with van der Waals surface area (Å²) in [4.78, 5) is 31.5. The molecule has 1 unspecified atom stereocenters. The summed E-state index contributed by atoms with van der Waals surface area (Å²) in [5.41, 5.74) is 0.988. The van der Waals surface area contributed by atoms with Gasteiger partial charge in [0.15, 0.2) is 0 Å². The summed E-state index contributed by atoms with van der Waals surface area (Å²) < 4.78 is 0. The van der Waals surface area contributed by atoms with Crippen molar-refractivity contribution in [2.75, 3.05) is 13.2 Å². The van der Waals surface area contributed by atoms with E-state index in [9.17, 15) is 9.59 Å². The largest absolute Gasteiger partial charge is 0.394 e. The third-order valence-electron chi connectivity index (χ3n) is 9.64. The summed E-state index contributed by atoms with van der Waals surface area (Å²) in [7, 11) is 0. The molecule has 4 aliphatic carbocycles. The highest BCUT2D eigenvalue weighted by atomic mass is 16.6. The summed E-state index contributed by atoms with van der Waals surface area (Å²) in [6.45, 7) is 6.27. The van der Waals surface area contributed by atoms with Crippen molar-refractivity contribution in [3.05, 3.63) is 0 Å². The van der Waals surface area contributed by atoms with Crippen LogP contribution in [0.2, 0.25) is 0 Å². The number of oxime groups is 1. The molecule has 0 aromatic heterocycles. The van der Waals surface area contributed by atoms with Crippen molar-refractivity contribution in [3.8, 4) is 0 Å². The predicted molar refractivity (Wildman–Crippen MR) is 112 cm³/mol. The van der Waals surface area contributed by atoms with Gasteiger partial charge >= 0.3 is 0 Å². The maximum atomic E-state index is 13.3. The number of rotatable bonds is 3. The number of nitrogens with zero attached hydrogens (tertiary/aromatic N) is 1. The Kier molecular flexibility index (Phi) is 4.88. The number of carbonyl (C=O) groups excluding carboxylic acids is 2. The van der Waals surface area contributed by atoms with Crippen LogP contribution in [-0.4, -0.2) is 36.5 Å². The van der Waals surface area contributed by atoms with Crippen LogP contribution in [0.3, 0.4) is 0 Å². The quantitative estimate of drug-likeness (QED) is 0.730. The van der Waals surface area contributed by atoms with Gasteiger partial charge in [-0.2, -0.15) is 0 Å². The van der Waals surface area contributed by atoms with Crippen LogP contribution in [0.1, 0.15) is 78.1 Å². The topological polar surface area (TPSA) is 67.8 Å². The third-order valence-corrected chi connectivity index (χ3v) is 9.64. The van der Waals surface area contributed by atoms with Crippen LogP contribution >= 0.6 is 0 Å². The summed E-state index contributed by atoms with van der Waals surface area (Å²) >= 11 is 0. The zero-order chi connectivity index (χ0) is 20.2. The standard InChI is InChI=1S/C24H36N2O3/c1-23-9-7-15(26-29-14-16-4-3-11-25-16)12-20(23)21(27)13-17-18-5-6-22(28)24(18,2)10-8-19(17)23/h16-20,25H,3-14H2,1-2H3/b26-15+/t16-,17-,18-,19-,20?,23+,24-/m0/s1. The van der Waals surface area contributed by atoms with E-state index in [2.05, 4.69) is 24.3 Å². The SMILES string of the molecule is C[C@]12CC/C(=N\OC[C@@H]3CCCN3)CC1C(=O)C[C@@H]1[C@@H]2CC[C@]2(C)C(=O)CC[C@@H]12. The molecule has 1 saturated heterocycles. The van der Waals surface area contributed by atoms with Crippen LogP contribution < -0.4 is 5.32 Å². The van der Waals surface area contributed by atoms with E-state index >= 15 is 0 Å². The van der Waals surface area contributed by atoms with Gasteiger partial charge in [-0.1, -0.05) is 19.0 Å². The third kappa shape index (κ3) is 3.10. The molecule has 0 spiro atoms. The van der Waals surface area contributed by atoms with Gasteiger partial charge in [0.25, 0.3) is 0 Å². The van der Waals surface area contributed by atoms with E-state index < -0.39 is 0 Å². The van der Waals surface area contributed by atoms with Crippen molar-refractivity contribution < 1.29 is 14.4 Å². The molecule has 4 saturated carbocycles. The number of ketones is 2. The van der Waals surface area contributed by atoms with E-state index in [-0.39, 0.29) is 16.7 Å². The minimum Gasteiger partial charge on any atom is -0.394 e. The Morgan fingerprint density at radius 2 is 1.93 bits per heavy atom. The molecule has 0 bridgehead atoms. The van der Waals surface area contributed by atoms with Crippen LogP contribution in [0, 0.1) is 34.5 Å². The minimum absolute atomic E-state index is 0.0684. The fourth-order valence-electron chi connectivity index (χ4n) is 7.82. The first-order valence-electron chi connectivity index (χ1n) is 11.9. The monoisotopic (exact) mass is 400 g/mol. The molecule has 0 radical (unpaired) electrons. The maximum absolute atomic E-state index is 13.3. The molecule has 160 valence electrons. The Balaban J connectivity index is 1.30. The van der Waals surface area contributed by atoms with Gasteiger partial charge in [-0.3, -0.25) is 9.59 Å².